The molecular weight excluding hydrogens is 408 g/mol. The number of carbonyl (C=O) groups is 1. The molecule has 6 nitrogen and oxygen atoms in total. The van der Waals surface area contributed by atoms with Crippen molar-refractivity contribution in [3.05, 3.63) is 76.6 Å². The summed E-state index contributed by atoms with van der Waals surface area (Å²) in [5.41, 5.74) is 2.19. The lowest BCUT2D eigenvalue weighted by Gasteiger charge is -2.21. The Hall–Kier alpha value is -2.48. The molecule has 1 aromatic heterocycles. The van der Waals surface area contributed by atoms with Gasteiger partial charge in [-0.25, -0.2) is 4.98 Å². The lowest BCUT2D eigenvalue weighted by molar-refractivity contribution is -0.120. The van der Waals surface area contributed by atoms with Gasteiger partial charge in [-0.05, 0) is 23.3 Å². The molecule has 0 unspecified atom stereocenters. The zero-order valence-electron chi connectivity index (χ0n) is 16.2. The van der Waals surface area contributed by atoms with E-state index in [2.05, 4.69) is 14.7 Å². The van der Waals surface area contributed by atoms with Crippen molar-refractivity contribution in [3.63, 3.8) is 0 Å². The number of rotatable bonds is 10. The van der Waals surface area contributed by atoms with Crippen LogP contribution in [0.5, 0.6) is 0 Å². The Morgan fingerprint density at radius 2 is 1.90 bits per heavy atom. The topological polar surface area (TPSA) is 67.3 Å². The van der Waals surface area contributed by atoms with E-state index in [1.54, 1.807) is 7.11 Å². The van der Waals surface area contributed by atoms with E-state index in [9.17, 15) is 4.79 Å². The Kier molecular flexibility index (Phi) is 7.98. The first kappa shape index (κ1) is 21.2. The molecule has 1 heterocycles. The molecule has 3 rings (SSSR count). The van der Waals surface area contributed by atoms with Crippen LogP contribution in [-0.4, -0.2) is 42.1 Å². The summed E-state index contributed by atoms with van der Waals surface area (Å²) in [7, 11) is 1.61. The summed E-state index contributed by atoms with van der Waals surface area (Å²) in [6.45, 7) is 1.74. The summed E-state index contributed by atoms with van der Waals surface area (Å²) in [4.78, 5) is 19.0. The average Bonchev–Trinajstić information content (AvgIpc) is 3.19. The minimum absolute atomic E-state index is 0.0765. The van der Waals surface area contributed by atoms with E-state index in [-0.39, 0.29) is 12.5 Å². The second kappa shape index (κ2) is 10.9. The molecule has 0 saturated carbocycles. The van der Waals surface area contributed by atoms with Crippen molar-refractivity contribution in [2.24, 2.45) is 0 Å². The van der Waals surface area contributed by atoms with Crippen molar-refractivity contribution in [1.82, 2.24) is 14.7 Å². The van der Waals surface area contributed by atoms with Gasteiger partial charge in [0, 0.05) is 43.2 Å². The highest BCUT2D eigenvalue weighted by Gasteiger charge is 2.17. The van der Waals surface area contributed by atoms with E-state index in [0.717, 1.165) is 22.1 Å². The Bertz CT molecular complexity index is 903. The van der Waals surface area contributed by atoms with Gasteiger partial charge in [0.05, 0.1) is 13.2 Å². The molecule has 29 heavy (non-hydrogen) atoms. The number of anilines is 1. The van der Waals surface area contributed by atoms with Crippen molar-refractivity contribution in [2.45, 2.75) is 13.0 Å². The maximum absolute atomic E-state index is 12.4. The summed E-state index contributed by atoms with van der Waals surface area (Å²) in [5, 5.41) is 4.28. The van der Waals surface area contributed by atoms with Crippen molar-refractivity contribution >= 4 is 34.2 Å². The second-order valence-corrected chi connectivity index (χ2v) is 7.65. The van der Waals surface area contributed by atoms with Gasteiger partial charge < -0.3 is 15.0 Å². The molecule has 3 aromatic rings. The quantitative estimate of drug-likeness (QED) is 0.498. The van der Waals surface area contributed by atoms with Gasteiger partial charge in [-0.1, -0.05) is 54.1 Å². The maximum atomic E-state index is 12.4. The highest BCUT2D eigenvalue weighted by molar-refractivity contribution is 7.09. The average molecular weight is 431 g/mol. The molecule has 0 fully saturated rings. The summed E-state index contributed by atoms with van der Waals surface area (Å²) in [5.74, 6) is 0.651. The number of halogens is 1. The van der Waals surface area contributed by atoms with Crippen LogP contribution in [0.25, 0.3) is 0 Å². The molecule has 0 spiro atoms. The molecule has 0 atom stereocenters. The highest BCUT2D eigenvalue weighted by Crippen LogP contribution is 2.21. The summed E-state index contributed by atoms with van der Waals surface area (Å²) in [6.07, 6.45) is 0.618. The fourth-order valence-corrected chi connectivity index (χ4v) is 3.56. The molecule has 1 N–H and O–H groups in total. The third kappa shape index (κ3) is 6.81. The third-order valence-electron chi connectivity index (χ3n) is 4.18. The number of nitrogens with one attached hydrogen (secondary N) is 1. The van der Waals surface area contributed by atoms with Crippen LogP contribution in [-0.2, 0) is 22.5 Å². The minimum atomic E-state index is -0.0765. The van der Waals surface area contributed by atoms with Gasteiger partial charge in [-0.3, -0.25) is 4.79 Å². The number of benzene rings is 2. The summed E-state index contributed by atoms with van der Waals surface area (Å²) < 4.78 is 9.47. The Labute approximate surface area is 179 Å². The van der Waals surface area contributed by atoms with E-state index in [1.165, 1.54) is 11.5 Å². The van der Waals surface area contributed by atoms with Crippen LogP contribution in [0.3, 0.4) is 0 Å². The monoisotopic (exact) mass is 430 g/mol. The number of aromatic nitrogens is 2. The predicted molar refractivity (Wildman–Crippen MR) is 117 cm³/mol. The Morgan fingerprint density at radius 3 is 2.62 bits per heavy atom. The van der Waals surface area contributed by atoms with Crippen LogP contribution in [0.2, 0.25) is 5.02 Å². The number of nitrogens with zero attached hydrogens (tertiary/aromatic N) is 3. The Morgan fingerprint density at radius 1 is 1.14 bits per heavy atom. The number of hydrogen-bond acceptors (Lipinski definition) is 6. The van der Waals surface area contributed by atoms with E-state index >= 15 is 0 Å². The van der Waals surface area contributed by atoms with Crippen LogP contribution in [0.4, 0.5) is 5.13 Å². The molecule has 0 aliphatic rings. The molecule has 0 saturated heterocycles. The molecule has 0 aliphatic heterocycles. The fraction of sp³-hybridized carbons (Fsp3) is 0.286. The molecule has 2 aromatic carbocycles. The van der Waals surface area contributed by atoms with E-state index < -0.39 is 0 Å². The first-order chi connectivity index (χ1) is 14.1. The predicted octanol–water partition coefficient (Wildman–Crippen LogP) is 3.55. The molecule has 0 radical (unpaired) electrons. The summed E-state index contributed by atoms with van der Waals surface area (Å²) in [6, 6.07) is 17.7. The smallest absolute Gasteiger partial charge is 0.239 e. The first-order valence-electron chi connectivity index (χ1n) is 9.25. The van der Waals surface area contributed by atoms with Gasteiger partial charge in [0.1, 0.15) is 5.82 Å². The largest absolute Gasteiger partial charge is 0.383 e. The van der Waals surface area contributed by atoms with E-state index in [1.807, 2.05) is 59.5 Å². The molecular formula is C21H23ClN4O2S. The fourth-order valence-electron chi connectivity index (χ4n) is 2.75. The maximum Gasteiger partial charge on any atom is 0.239 e. The number of amides is 1. The third-order valence-corrected chi connectivity index (χ3v) is 5.25. The molecule has 0 aliphatic carbocycles. The summed E-state index contributed by atoms with van der Waals surface area (Å²) >= 11 is 7.25. The second-order valence-electron chi connectivity index (χ2n) is 6.48. The number of carbonyl (C=O) groups excluding carboxylic acids is 1. The standard InChI is InChI=1S/C21H23ClN4O2S/c1-28-12-11-23-20(27)15-26(14-17-5-3-2-4-6-17)21-24-19(25-29-21)13-16-7-9-18(22)10-8-16/h2-10H,11-15H2,1H3,(H,23,27). The van der Waals surface area contributed by atoms with Crippen LogP contribution in [0, 0.1) is 0 Å². The Balaban J connectivity index is 1.71. The van der Waals surface area contributed by atoms with Gasteiger partial charge in [0.25, 0.3) is 0 Å². The van der Waals surface area contributed by atoms with Crippen molar-refractivity contribution in [1.29, 1.82) is 0 Å². The van der Waals surface area contributed by atoms with Gasteiger partial charge in [0.2, 0.25) is 11.0 Å². The number of ether oxygens (including phenoxy) is 1. The number of hydrogen-bond donors (Lipinski definition) is 1. The normalized spacial score (nSPS) is 10.7. The van der Waals surface area contributed by atoms with E-state index in [0.29, 0.717) is 31.1 Å². The lowest BCUT2D eigenvalue weighted by atomic mass is 10.1. The SMILES string of the molecule is COCCNC(=O)CN(Cc1ccccc1)c1nc(Cc2ccc(Cl)cc2)ns1. The van der Waals surface area contributed by atoms with Crippen molar-refractivity contribution in [2.75, 3.05) is 31.7 Å². The van der Waals surface area contributed by atoms with Crippen LogP contribution in [0.15, 0.2) is 54.6 Å². The van der Waals surface area contributed by atoms with Gasteiger partial charge in [0.15, 0.2) is 0 Å². The lowest BCUT2D eigenvalue weighted by Crippen LogP contribution is -2.38. The van der Waals surface area contributed by atoms with Gasteiger partial charge >= 0.3 is 0 Å². The molecule has 152 valence electrons. The van der Waals surface area contributed by atoms with Gasteiger partial charge in [-0.15, -0.1) is 0 Å². The minimum Gasteiger partial charge on any atom is -0.383 e. The van der Waals surface area contributed by atoms with E-state index in [4.69, 9.17) is 16.3 Å². The molecule has 1 amide bonds. The zero-order valence-corrected chi connectivity index (χ0v) is 17.7. The van der Waals surface area contributed by atoms with Gasteiger partial charge in [-0.2, -0.15) is 4.37 Å². The number of methoxy groups -OCH3 is 1. The highest BCUT2D eigenvalue weighted by atomic mass is 35.5. The van der Waals surface area contributed by atoms with Crippen molar-refractivity contribution < 1.29 is 9.53 Å². The van der Waals surface area contributed by atoms with Crippen LogP contribution < -0.4 is 10.2 Å². The molecule has 0 bridgehead atoms. The zero-order chi connectivity index (χ0) is 20.5. The van der Waals surface area contributed by atoms with Crippen molar-refractivity contribution in [3.8, 4) is 0 Å². The van der Waals surface area contributed by atoms with Crippen LogP contribution in [0.1, 0.15) is 17.0 Å². The first-order valence-corrected chi connectivity index (χ1v) is 10.4. The molecule has 8 heteroatoms. The van der Waals surface area contributed by atoms with Crippen LogP contribution >= 0.6 is 23.1 Å².